The summed E-state index contributed by atoms with van der Waals surface area (Å²) in [5.41, 5.74) is 2.14. The van der Waals surface area contributed by atoms with Gasteiger partial charge in [-0.2, -0.15) is 0 Å². The topological polar surface area (TPSA) is 54.5 Å². The van der Waals surface area contributed by atoms with Gasteiger partial charge in [0, 0.05) is 35.2 Å². The Morgan fingerprint density at radius 1 is 1.24 bits per heavy atom. The number of rotatable bonds is 4. The van der Waals surface area contributed by atoms with Crippen molar-refractivity contribution in [3.05, 3.63) is 75.4 Å². The second kappa shape index (κ2) is 8.36. The number of piperidine rings is 1. The van der Waals surface area contributed by atoms with Crippen molar-refractivity contribution < 1.29 is 18.3 Å². The number of carbonyl (C=O) groups excluding carboxylic acids is 1. The van der Waals surface area contributed by atoms with Gasteiger partial charge in [-0.3, -0.25) is 9.78 Å². The van der Waals surface area contributed by atoms with Crippen LogP contribution >= 0.6 is 15.9 Å². The molecular formula is C26H24BrF2N3O2. The minimum Gasteiger partial charge on any atom is -0.365 e. The van der Waals surface area contributed by atoms with E-state index in [1.54, 1.807) is 6.20 Å². The molecule has 34 heavy (non-hydrogen) atoms. The predicted molar refractivity (Wildman–Crippen MR) is 127 cm³/mol. The average molecular weight is 528 g/mol. The van der Waals surface area contributed by atoms with Crippen LogP contribution < -0.4 is 5.32 Å². The molecule has 2 atom stereocenters. The van der Waals surface area contributed by atoms with E-state index < -0.39 is 23.2 Å². The molecule has 3 heterocycles. The quantitative estimate of drug-likeness (QED) is 0.529. The van der Waals surface area contributed by atoms with Crippen LogP contribution in [0.1, 0.15) is 36.0 Å². The molecule has 3 aliphatic rings. The SMILES string of the molecule is O=C(C1CNCC[C@@]12OCc1cc(F)c(F)cc12)N(Cc1cc(Br)cc2cccnc12)C1CC1. The van der Waals surface area contributed by atoms with Crippen molar-refractivity contribution in [2.24, 2.45) is 5.92 Å². The third-order valence-electron chi connectivity index (χ3n) is 7.33. The Labute approximate surface area is 204 Å². The Hall–Kier alpha value is -2.42. The molecule has 1 aromatic heterocycles. The number of carbonyl (C=O) groups is 1. The maximum Gasteiger partial charge on any atom is 0.230 e. The van der Waals surface area contributed by atoms with Gasteiger partial charge in [0.15, 0.2) is 11.6 Å². The molecule has 0 radical (unpaired) electrons. The van der Waals surface area contributed by atoms with E-state index in [1.807, 2.05) is 29.2 Å². The second-order valence-electron chi connectivity index (χ2n) is 9.45. The molecule has 0 bridgehead atoms. The average Bonchev–Trinajstić information content (AvgIpc) is 3.62. The van der Waals surface area contributed by atoms with Crippen molar-refractivity contribution in [1.82, 2.24) is 15.2 Å². The van der Waals surface area contributed by atoms with E-state index in [9.17, 15) is 13.6 Å². The highest BCUT2D eigenvalue weighted by Crippen LogP contribution is 2.48. The number of amides is 1. The number of pyridine rings is 1. The maximum atomic E-state index is 14.3. The Morgan fingerprint density at radius 3 is 2.88 bits per heavy atom. The van der Waals surface area contributed by atoms with Gasteiger partial charge in [-0.15, -0.1) is 0 Å². The molecule has 1 N–H and O–H groups in total. The molecule has 1 aliphatic carbocycles. The smallest absolute Gasteiger partial charge is 0.230 e. The van der Waals surface area contributed by atoms with Gasteiger partial charge in [0.1, 0.15) is 5.60 Å². The molecule has 1 saturated carbocycles. The first-order valence-corrected chi connectivity index (χ1v) is 12.4. The number of hydrogen-bond donors (Lipinski definition) is 1. The van der Waals surface area contributed by atoms with Crippen molar-refractivity contribution in [2.45, 2.75) is 44.1 Å². The number of fused-ring (bicyclic) bond motifs is 3. The summed E-state index contributed by atoms with van der Waals surface area (Å²) in [5.74, 6) is -2.33. The fraction of sp³-hybridized carbons (Fsp3) is 0.385. The minimum absolute atomic E-state index is 0.0173. The van der Waals surface area contributed by atoms with E-state index >= 15 is 0 Å². The van der Waals surface area contributed by atoms with Crippen LogP contribution in [-0.4, -0.2) is 34.9 Å². The standard InChI is InChI=1S/C26H24BrF2N3O2/c27-18-8-15-2-1-6-31-24(15)16(9-18)13-32(19-3-4-19)25(33)21-12-30-7-5-26(21)20-11-23(29)22(28)10-17(20)14-34-26/h1-2,6,8-11,19,21,30H,3-5,7,12-14H2/t21?,26-/m0/s1. The van der Waals surface area contributed by atoms with Gasteiger partial charge < -0.3 is 15.0 Å². The Morgan fingerprint density at radius 2 is 2.06 bits per heavy atom. The van der Waals surface area contributed by atoms with E-state index in [2.05, 4.69) is 26.2 Å². The van der Waals surface area contributed by atoms with Gasteiger partial charge in [-0.05, 0) is 72.8 Å². The number of nitrogens with zero attached hydrogens (tertiary/aromatic N) is 2. The normalized spacial score (nSPS) is 23.9. The van der Waals surface area contributed by atoms with E-state index in [0.717, 1.165) is 33.8 Å². The van der Waals surface area contributed by atoms with Crippen molar-refractivity contribution in [2.75, 3.05) is 13.1 Å². The summed E-state index contributed by atoms with van der Waals surface area (Å²) in [6, 6.07) is 10.6. The highest BCUT2D eigenvalue weighted by atomic mass is 79.9. The van der Waals surface area contributed by atoms with Crippen molar-refractivity contribution in [3.8, 4) is 0 Å². The first-order valence-electron chi connectivity index (χ1n) is 11.6. The summed E-state index contributed by atoms with van der Waals surface area (Å²) in [5, 5.41) is 4.34. The summed E-state index contributed by atoms with van der Waals surface area (Å²) >= 11 is 3.59. The zero-order valence-corrected chi connectivity index (χ0v) is 20.1. The molecule has 1 saturated heterocycles. The Bertz CT molecular complexity index is 1300. The zero-order valence-electron chi connectivity index (χ0n) is 18.5. The molecular weight excluding hydrogens is 504 g/mol. The Kier molecular flexibility index (Phi) is 5.43. The summed E-state index contributed by atoms with van der Waals surface area (Å²) in [7, 11) is 0. The van der Waals surface area contributed by atoms with Crippen molar-refractivity contribution in [3.63, 3.8) is 0 Å². The molecule has 176 valence electrons. The van der Waals surface area contributed by atoms with Crippen LogP contribution in [0, 0.1) is 17.6 Å². The largest absolute Gasteiger partial charge is 0.365 e. The van der Waals surface area contributed by atoms with Crippen LogP contribution in [0.25, 0.3) is 10.9 Å². The molecule has 2 aliphatic heterocycles. The first kappa shape index (κ1) is 22.1. The van der Waals surface area contributed by atoms with E-state index in [0.29, 0.717) is 37.2 Å². The number of ether oxygens (including phenoxy) is 1. The van der Waals surface area contributed by atoms with E-state index in [-0.39, 0.29) is 18.6 Å². The summed E-state index contributed by atoms with van der Waals surface area (Å²) in [4.78, 5) is 20.6. The zero-order chi connectivity index (χ0) is 23.4. The fourth-order valence-electron chi connectivity index (χ4n) is 5.53. The second-order valence-corrected chi connectivity index (χ2v) is 10.4. The number of halogens is 3. The lowest BCUT2D eigenvalue weighted by molar-refractivity contribution is -0.157. The molecule has 2 aromatic carbocycles. The fourth-order valence-corrected chi connectivity index (χ4v) is 6.06. The number of benzene rings is 2. The van der Waals surface area contributed by atoms with E-state index in [4.69, 9.17) is 4.74 Å². The van der Waals surface area contributed by atoms with Crippen LogP contribution in [0.4, 0.5) is 8.78 Å². The lowest BCUT2D eigenvalue weighted by Gasteiger charge is -2.43. The van der Waals surface area contributed by atoms with Crippen LogP contribution in [0.3, 0.4) is 0 Å². The van der Waals surface area contributed by atoms with Gasteiger partial charge in [0.05, 0.1) is 18.0 Å². The third-order valence-corrected chi connectivity index (χ3v) is 7.79. The first-order chi connectivity index (χ1) is 16.5. The number of aromatic nitrogens is 1. The predicted octanol–water partition coefficient (Wildman–Crippen LogP) is 4.80. The monoisotopic (exact) mass is 527 g/mol. The van der Waals surface area contributed by atoms with Crippen molar-refractivity contribution >= 4 is 32.7 Å². The van der Waals surface area contributed by atoms with Crippen LogP contribution in [-0.2, 0) is 28.3 Å². The molecule has 1 unspecified atom stereocenters. The highest BCUT2D eigenvalue weighted by molar-refractivity contribution is 9.10. The van der Waals surface area contributed by atoms with Gasteiger partial charge >= 0.3 is 0 Å². The molecule has 1 amide bonds. The van der Waals surface area contributed by atoms with Crippen molar-refractivity contribution in [1.29, 1.82) is 0 Å². The third kappa shape index (κ3) is 3.63. The highest BCUT2D eigenvalue weighted by Gasteiger charge is 2.53. The van der Waals surface area contributed by atoms with E-state index in [1.165, 1.54) is 12.1 Å². The van der Waals surface area contributed by atoms with Gasteiger partial charge in [0.2, 0.25) is 5.91 Å². The van der Waals surface area contributed by atoms with Crippen LogP contribution in [0.15, 0.2) is 47.1 Å². The molecule has 3 aromatic rings. The number of hydrogen-bond acceptors (Lipinski definition) is 4. The number of nitrogens with one attached hydrogen (secondary N) is 1. The minimum atomic E-state index is -0.947. The van der Waals surface area contributed by atoms with Gasteiger partial charge in [-0.1, -0.05) is 22.0 Å². The van der Waals surface area contributed by atoms with Gasteiger partial charge in [-0.25, -0.2) is 8.78 Å². The van der Waals surface area contributed by atoms with Gasteiger partial charge in [0.25, 0.3) is 0 Å². The summed E-state index contributed by atoms with van der Waals surface area (Å²) < 4.78 is 35.3. The summed E-state index contributed by atoms with van der Waals surface area (Å²) in [6.45, 7) is 1.69. The Balaban J connectivity index is 1.38. The van der Waals surface area contributed by atoms with Crippen LogP contribution in [0.5, 0.6) is 0 Å². The maximum absolute atomic E-state index is 14.3. The van der Waals surface area contributed by atoms with Crippen LogP contribution in [0.2, 0.25) is 0 Å². The lowest BCUT2D eigenvalue weighted by Crippen LogP contribution is -2.55. The molecule has 8 heteroatoms. The molecule has 1 spiro atoms. The molecule has 5 nitrogen and oxygen atoms in total. The molecule has 2 fully saturated rings. The molecule has 6 rings (SSSR count). The lowest BCUT2D eigenvalue weighted by atomic mass is 9.75. The summed E-state index contributed by atoms with van der Waals surface area (Å²) in [6.07, 6.45) is 4.20.